The first kappa shape index (κ1) is 42.7. The molecule has 1 N–H and O–H groups in total. The van der Waals surface area contributed by atoms with E-state index in [9.17, 15) is 14.7 Å². The SMILES string of the molecule is CCCCCCCCCCCCCCCC(=O)[N+](CC)(C(=O)CCCCCCCCCCCCCCC)C(C)O.[Cl-]. The monoisotopic (exact) mass is 602 g/mol. The van der Waals surface area contributed by atoms with Gasteiger partial charge in [0.15, 0.2) is 0 Å². The van der Waals surface area contributed by atoms with Crippen molar-refractivity contribution in [2.45, 2.75) is 214 Å². The average Bonchev–Trinajstić information content (AvgIpc) is 2.94. The van der Waals surface area contributed by atoms with Crippen molar-refractivity contribution < 1.29 is 31.6 Å². The molecule has 1 atom stereocenters. The van der Waals surface area contributed by atoms with Crippen LogP contribution in [-0.2, 0) is 9.59 Å². The van der Waals surface area contributed by atoms with E-state index in [1.165, 1.54) is 128 Å². The fourth-order valence-electron chi connectivity index (χ4n) is 6.16. The maximum Gasteiger partial charge on any atom is 0.323 e. The van der Waals surface area contributed by atoms with E-state index in [0.717, 1.165) is 38.5 Å². The van der Waals surface area contributed by atoms with Crippen molar-refractivity contribution >= 4 is 11.8 Å². The van der Waals surface area contributed by atoms with E-state index < -0.39 is 6.23 Å². The number of hydrogen-bond donors (Lipinski definition) is 1. The van der Waals surface area contributed by atoms with E-state index in [1.807, 2.05) is 6.92 Å². The summed E-state index contributed by atoms with van der Waals surface area (Å²) in [6.07, 6.45) is 32.9. The predicted molar refractivity (Wildman–Crippen MR) is 173 cm³/mol. The summed E-state index contributed by atoms with van der Waals surface area (Å²) in [4.78, 5) is 26.4. The minimum absolute atomic E-state index is 0. The lowest BCUT2D eigenvalue weighted by Gasteiger charge is -2.35. The van der Waals surface area contributed by atoms with E-state index in [0.29, 0.717) is 19.4 Å². The van der Waals surface area contributed by atoms with E-state index >= 15 is 0 Å². The molecule has 2 amide bonds. The highest BCUT2D eigenvalue weighted by Gasteiger charge is 2.45. The third-order valence-corrected chi connectivity index (χ3v) is 9.02. The Hall–Kier alpha value is -0.450. The third kappa shape index (κ3) is 21.8. The molecule has 0 aliphatic rings. The third-order valence-electron chi connectivity index (χ3n) is 9.02. The number of aliphatic hydroxyl groups excluding tert-OH is 1. The van der Waals surface area contributed by atoms with Gasteiger partial charge in [0, 0.05) is 6.92 Å². The quantitative estimate of drug-likeness (QED) is 0.0513. The predicted octanol–water partition coefficient (Wildman–Crippen LogP) is 8.18. The zero-order chi connectivity index (χ0) is 29.7. The zero-order valence-corrected chi connectivity index (χ0v) is 28.9. The molecule has 1 unspecified atom stereocenters. The molecule has 0 spiro atoms. The summed E-state index contributed by atoms with van der Waals surface area (Å²) in [7, 11) is 0. The van der Waals surface area contributed by atoms with Crippen LogP contribution in [0.4, 0.5) is 0 Å². The van der Waals surface area contributed by atoms with Crippen LogP contribution in [0.5, 0.6) is 0 Å². The number of carbonyl (C=O) groups excluding carboxylic acids is 2. The molecule has 0 aliphatic carbocycles. The molecule has 0 aromatic heterocycles. The lowest BCUT2D eigenvalue weighted by Crippen LogP contribution is -3.00. The molecule has 0 aromatic rings. The molecular weight excluding hydrogens is 530 g/mol. The molecule has 5 heteroatoms. The number of nitrogens with zero attached hydrogens (tertiary/aromatic N) is 1. The molecule has 0 saturated carbocycles. The van der Waals surface area contributed by atoms with Gasteiger partial charge in [-0.05, 0) is 19.8 Å². The summed E-state index contributed by atoms with van der Waals surface area (Å²) in [6.45, 7) is 8.38. The summed E-state index contributed by atoms with van der Waals surface area (Å²) in [6, 6.07) is 0. The van der Waals surface area contributed by atoms with Crippen LogP contribution >= 0.6 is 0 Å². The minimum atomic E-state index is -0.964. The van der Waals surface area contributed by atoms with Gasteiger partial charge in [-0.2, -0.15) is 4.48 Å². The van der Waals surface area contributed by atoms with Gasteiger partial charge in [-0.3, -0.25) is 0 Å². The van der Waals surface area contributed by atoms with Crippen molar-refractivity contribution in [1.29, 1.82) is 0 Å². The first-order valence-electron chi connectivity index (χ1n) is 18.1. The minimum Gasteiger partial charge on any atom is -1.00 e. The smallest absolute Gasteiger partial charge is 0.323 e. The highest BCUT2D eigenvalue weighted by atomic mass is 35.5. The van der Waals surface area contributed by atoms with E-state index in [1.54, 1.807) is 6.92 Å². The Labute approximate surface area is 263 Å². The molecule has 0 radical (unpaired) electrons. The van der Waals surface area contributed by atoms with Gasteiger partial charge in [0.25, 0.3) is 0 Å². The van der Waals surface area contributed by atoms with Gasteiger partial charge in [0.05, 0.1) is 19.4 Å². The van der Waals surface area contributed by atoms with Crippen molar-refractivity contribution in [2.24, 2.45) is 0 Å². The number of carbonyl (C=O) groups is 2. The molecule has 0 rings (SSSR count). The molecule has 0 aliphatic heterocycles. The summed E-state index contributed by atoms with van der Waals surface area (Å²) < 4.78 is -0.378. The molecule has 246 valence electrons. The van der Waals surface area contributed by atoms with E-state index in [2.05, 4.69) is 13.8 Å². The molecular formula is C36H72ClNO3. The molecule has 0 heterocycles. The van der Waals surface area contributed by atoms with Crippen molar-refractivity contribution in [3.63, 3.8) is 0 Å². The first-order chi connectivity index (χ1) is 19.5. The number of hydrogen-bond acceptors (Lipinski definition) is 3. The Morgan fingerprint density at radius 3 is 0.878 bits per heavy atom. The number of aliphatic hydroxyl groups is 1. The lowest BCUT2D eigenvalue weighted by atomic mass is 10.0. The Bertz CT molecular complexity index is 539. The van der Waals surface area contributed by atoms with Crippen LogP contribution < -0.4 is 12.4 Å². The molecule has 0 saturated heterocycles. The lowest BCUT2D eigenvalue weighted by molar-refractivity contribution is -0.828. The highest BCUT2D eigenvalue weighted by Crippen LogP contribution is 2.22. The van der Waals surface area contributed by atoms with Crippen LogP contribution in [-0.4, -0.2) is 34.2 Å². The highest BCUT2D eigenvalue weighted by molar-refractivity contribution is 5.84. The fraction of sp³-hybridized carbons (Fsp3) is 0.944. The van der Waals surface area contributed by atoms with Crippen LogP contribution in [0.15, 0.2) is 0 Å². The van der Waals surface area contributed by atoms with Gasteiger partial charge in [-0.1, -0.05) is 168 Å². The number of rotatable bonds is 30. The summed E-state index contributed by atoms with van der Waals surface area (Å²) in [5, 5.41) is 10.5. The van der Waals surface area contributed by atoms with Crippen LogP contribution in [0, 0.1) is 0 Å². The number of halogens is 1. The second-order valence-electron chi connectivity index (χ2n) is 12.6. The van der Waals surface area contributed by atoms with Gasteiger partial charge < -0.3 is 17.5 Å². The maximum absolute atomic E-state index is 13.2. The average molecular weight is 602 g/mol. The molecule has 0 aromatic carbocycles. The Kier molecular flexibility index (Phi) is 32.3. The van der Waals surface area contributed by atoms with Gasteiger partial charge >= 0.3 is 11.8 Å². The Balaban J connectivity index is 0. The number of quaternary nitrogens is 1. The standard InChI is InChI=1S/C36H72NO3.ClH/c1-5-8-10-12-14-16-18-20-22-24-26-28-30-32-35(39)37(7-3,34(4)38)36(40)33-31-29-27-25-23-21-19-17-15-13-11-9-6-2;/h34,38H,5-33H2,1-4H3;1H/q+1;/p-1. The Morgan fingerprint density at radius 2 is 0.683 bits per heavy atom. The number of amides is 2. The number of imide groups is 1. The molecule has 41 heavy (non-hydrogen) atoms. The van der Waals surface area contributed by atoms with Crippen molar-refractivity contribution in [1.82, 2.24) is 0 Å². The first-order valence-corrected chi connectivity index (χ1v) is 18.1. The molecule has 0 fully saturated rings. The summed E-state index contributed by atoms with van der Waals surface area (Å²) in [5.74, 6) is -0.166. The Morgan fingerprint density at radius 1 is 0.463 bits per heavy atom. The zero-order valence-electron chi connectivity index (χ0n) is 28.2. The van der Waals surface area contributed by atoms with E-state index in [-0.39, 0.29) is 28.7 Å². The van der Waals surface area contributed by atoms with E-state index in [4.69, 9.17) is 0 Å². The maximum atomic E-state index is 13.2. The van der Waals surface area contributed by atoms with Gasteiger partial charge in [0.1, 0.15) is 0 Å². The van der Waals surface area contributed by atoms with Gasteiger partial charge in [-0.25, -0.2) is 9.59 Å². The topological polar surface area (TPSA) is 54.4 Å². The second-order valence-corrected chi connectivity index (χ2v) is 12.6. The second kappa shape index (κ2) is 31.0. The van der Waals surface area contributed by atoms with Crippen molar-refractivity contribution in [2.75, 3.05) is 6.54 Å². The van der Waals surface area contributed by atoms with Crippen molar-refractivity contribution in [3.8, 4) is 0 Å². The van der Waals surface area contributed by atoms with Crippen LogP contribution in [0.3, 0.4) is 0 Å². The normalized spacial score (nSPS) is 12.3. The largest absolute Gasteiger partial charge is 1.00 e. The number of unbranched alkanes of at least 4 members (excludes halogenated alkanes) is 24. The van der Waals surface area contributed by atoms with Crippen LogP contribution in [0.1, 0.15) is 207 Å². The molecule has 0 bridgehead atoms. The van der Waals surface area contributed by atoms with Crippen molar-refractivity contribution in [3.05, 3.63) is 0 Å². The summed E-state index contributed by atoms with van der Waals surface area (Å²) in [5.41, 5.74) is 0. The molecule has 4 nitrogen and oxygen atoms in total. The van der Waals surface area contributed by atoms with Gasteiger partial charge in [-0.15, -0.1) is 0 Å². The van der Waals surface area contributed by atoms with Gasteiger partial charge in [0.2, 0.25) is 6.23 Å². The van der Waals surface area contributed by atoms with Crippen LogP contribution in [0.25, 0.3) is 0 Å². The van der Waals surface area contributed by atoms with Crippen LogP contribution in [0.2, 0.25) is 0 Å². The summed E-state index contributed by atoms with van der Waals surface area (Å²) >= 11 is 0. The fourth-order valence-corrected chi connectivity index (χ4v) is 6.16.